The molecule has 0 saturated carbocycles. The van der Waals surface area contributed by atoms with E-state index >= 15 is 0 Å². The van der Waals surface area contributed by atoms with Gasteiger partial charge in [-0.05, 0) is 31.4 Å². The highest BCUT2D eigenvalue weighted by Gasteiger charge is 2.14. The fourth-order valence-electron chi connectivity index (χ4n) is 1.37. The largest absolute Gasteiger partial charge is 0.349 e. The van der Waals surface area contributed by atoms with E-state index in [0.29, 0.717) is 6.42 Å². The molecule has 1 amide bonds. The van der Waals surface area contributed by atoms with Gasteiger partial charge < -0.3 is 5.32 Å². The van der Waals surface area contributed by atoms with Crippen molar-refractivity contribution in [1.82, 2.24) is 5.32 Å². The van der Waals surface area contributed by atoms with Crippen LogP contribution in [0.15, 0.2) is 17.9 Å². The van der Waals surface area contributed by atoms with Gasteiger partial charge in [-0.2, -0.15) is 0 Å². The molecule has 0 aromatic rings. The van der Waals surface area contributed by atoms with Crippen LogP contribution in [0, 0.1) is 0 Å². The lowest BCUT2D eigenvalue weighted by Crippen LogP contribution is -2.36. The van der Waals surface area contributed by atoms with E-state index in [9.17, 15) is 4.79 Å². The van der Waals surface area contributed by atoms with Gasteiger partial charge >= 0.3 is 0 Å². The van der Waals surface area contributed by atoms with Gasteiger partial charge in [0.2, 0.25) is 5.91 Å². The van der Waals surface area contributed by atoms with Crippen molar-refractivity contribution >= 4 is 5.91 Å². The second-order valence-corrected chi connectivity index (χ2v) is 3.39. The standard InChI is InChI=1S/C11H17NO/c1-2-3-4-5-7-10-8-6-9-11(13)12-10/h4,7,10H,2-3,6,8-9H2,1H3,(H,12,13)/t5?,10-/m1/s1. The van der Waals surface area contributed by atoms with Crippen LogP contribution in [0.5, 0.6) is 0 Å². The minimum atomic E-state index is 0.171. The fraction of sp³-hybridized carbons (Fsp3) is 0.636. The zero-order chi connectivity index (χ0) is 9.52. The molecule has 1 heterocycles. The Bertz CT molecular complexity index is 226. The molecule has 0 spiro atoms. The van der Waals surface area contributed by atoms with Crippen LogP contribution in [-0.2, 0) is 4.79 Å². The van der Waals surface area contributed by atoms with Gasteiger partial charge in [0.15, 0.2) is 0 Å². The smallest absolute Gasteiger partial charge is 0.220 e. The van der Waals surface area contributed by atoms with Gasteiger partial charge in [0.25, 0.3) is 0 Å². The Morgan fingerprint density at radius 3 is 3.23 bits per heavy atom. The summed E-state index contributed by atoms with van der Waals surface area (Å²) in [7, 11) is 0. The summed E-state index contributed by atoms with van der Waals surface area (Å²) < 4.78 is 0. The maximum absolute atomic E-state index is 11.0. The lowest BCUT2D eigenvalue weighted by atomic mass is 10.0. The van der Waals surface area contributed by atoms with Crippen molar-refractivity contribution in [2.24, 2.45) is 0 Å². The van der Waals surface area contributed by atoms with Gasteiger partial charge in [0.1, 0.15) is 0 Å². The first kappa shape index (κ1) is 10.1. The summed E-state index contributed by atoms with van der Waals surface area (Å²) in [4.78, 5) is 11.0. The summed E-state index contributed by atoms with van der Waals surface area (Å²) in [6.07, 6.45) is 8.95. The lowest BCUT2D eigenvalue weighted by molar-refractivity contribution is -0.122. The van der Waals surface area contributed by atoms with Crippen molar-refractivity contribution in [3.8, 4) is 0 Å². The van der Waals surface area contributed by atoms with Gasteiger partial charge in [-0.15, -0.1) is 5.73 Å². The van der Waals surface area contributed by atoms with E-state index in [2.05, 4.69) is 18.0 Å². The summed E-state index contributed by atoms with van der Waals surface area (Å²) in [5, 5.41) is 2.92. The molecule has 1 atom stereocenters. The van der Waals surface area contributed by atoms with Crippen LogP contribution in [0.25, 0.3) is 0 Å². The quantitative estimate of drug-likeness (QED) is 0.661. The highest BCUT2D eigenvalue weighted by Crippen LogP contribution is 2.08. The zero-order valence-electron chi connectivity index (χ0n) is 8.18. The molecule has 1 rings (SSSR count). The third-order valence-electron chi connectivity index (χ3n) is 2.11. The maximum atomic E-state index is 11.0. The van der Waals surface area contributed by atoms with Crippen molar-refractivity contribution < 1.29 is 4.79 Å². The molecular weight excluding hydrogens is 162 g/mol. The van der Waals surface area contributed by atoms with Gasteiger partial charge in [-0.1, -0.05) is 13.3 Å². The monoisotopic (exact) mass is 179 g/mol. The lowest BCUT2D eigenvalue weighted by Gasteiger charge is -2.18. The van der Waals surface area contributed by atoms with Gasteiger partial charge in [-0.3, -0.25) is 4.79 Å². The number of hydrogen-bond donors (Lipinski definition) is 1. The number of hydrogen-bond acceptors (Lipinski definition) is 1. The predicted octanol–water partition coefficient (Wildman–Crippen LogP) is 2.17. The Balaban J connectivity index is 2.35. The van der Waals surface area contributed by atoms with E-state index in [1.807, 2.05) is 12.2 Å². The summed E-state index contributed by atoms with van der Waals surface area (Å²) in [6.45, 7) is 2.14. The number of unbranched alkanes of at least 4 members (excludes halogenated alkanes) is 1. The van der Waals surface area contributed by atoms with E-state index in [1.165, 1.54) is 0 Å². The Kier molecular flexibility index (Phi) is 4.34. The minimum absolute atomic E-state index is 0.171. The van der Waals surface area contributed by atoms with Gasteiger partial charge in [0, 0.05) is 6.42 Å². The molecule has 2 heteroatoms. The van der Waals surface area contributed by atoms with Crippen molar-refractivity contribution in [2.45, 2.75) is 45.1 Å². The third-order valence-corrected chi connectivity index (χ3v) is 2.11. The first-order chi connectivity index (χ1) is 6.33. The second kappa shape index (κ2) is 5.60. The molecule has 0 aliphatic carbocycles. The molecule has 72 valence electrons. The Labute approximate surface area is 79.7 Å². The van der Waals surface area contributed by atoms with Crippen molar-refractivity contribution in [2.75, 3.05) is 0 Å². The van der Waals surface area contributed by atoms with Crippen molar-refractivity contribution in [1.29, 1.82) is 0 Å². The molecule has 0 aromatic heterocycles. The molecule has 2 nitrogen and oxygen atoms in total. The minimum Gasteiger partial charge on any atom is -0.349 e. The highest BCUT2D eigenvalue weighted by molar-refractivity contribution is 5.77. The summed E-state index contributed by atoms with van der Waals surface area (Å²) >= 11 is 0. The normalized spacial score (nSPS) is 21.6. The number of rotatable bonds is 3. The number of piperidine rings is 1. The van der Waals surface area contributed by atoms with E-state index in [1.54, 1.807) is 0 Å². The number of amides is 1. The summed E-state index contributed by atoms with van der Waals surface area (Å²) in [5.74, 6) is 0.171. The van der Waals surface area contributed by atoms with Crippen LogP contribution in [0.3, 0.4) is 0 Å². The average molecular weight is 179 g/mol. The SMILES string of the molecule is CCCC=C=C[C@@H]1CCCC(=O)N1. The molecule has 0 bridgehead atoms. The topological polar surface area (TPSA) is 29.1 Å². The average Bonchev–Trinajstić information content (AvgIpc) is 2.13. The van der Waals surface area contributed by atoms with E-state index in [4.69, 9.17) is 0 Å². The van der Waals surface area contributed by atoms with Crippen LogP contribution in [0.2, 0.25) is 0 Å². The third kappa shape index (κ3) is 3.95. The molecule has 13 heavy (non-hydrogen) atoms. The second-order valence-electron chi connectivity index (χ2n) is 3.39. The fourth-order valence-corrected chi connectivity index (χ4v) is 1.37. The van der Waals surface area contributed by atoms with Crippen molar-refractivity contribution in [3.05, 3.63) is 17.9 Å². The van der Waals surface area contributed by atoms with Crippen LogP contribution >= 0.6 is 0 Å². The molecule has 1 N–H and O–H groups in total. The number of carbonyl (C=O) groups excluding carboxylic acids is 1. The van der Waals surface area contributed by atoms with Crippen LogP contribution in [0.1, 0.15) is 39.0 Å². The highest BCUT2D eigenvalue weighted by atomic mass is 16.1. The molecule has 1 aliphatic heterocycles. The first-order valence-electron chi connectivity index (χ1n) is 5.03. The predicted molar refractivity (Wildman–Crippen MR) is 53.3 cm³/mol. The molecule has 1 saturated heterocycles. The summed E-state index contributed by atoms with van der Waals surface area (Å²) in [6, 6.07) is 0.217. The molecule has 1 fully saturated rings. The number of nitrogens with one attached hydrogen (secondary N) is 1. The van der Waals surface area contributed by atoms with Gasteiger partial charge in [0.05, 0.1) is 6.04 Å². The van der Waals surface area contributed by atoms with Crippen LogP contribution in [0.4, 0.5) is 0 Å². The van der Waals surface area contributed by atoms with Crippen LogP contribution < -0.4 is 5.32 Å². The molecule has 0 radical (unpaired) electrons. The molecular formula is C11H17NO. The van der Waals surface area contributed by atoms with Crippen molar-refractivity contribution in [3.63, 3.8) is 0 Å². The Morgan fingerprint density at radius 1 is 1.69 bits per heavy atom. The van der Waals surface area contributed by atoms with E-state index in [0.717, 1.165) is 25.7 Å². The zero-order valence-corrected chi connectivity index (χ0v) is 8.18. The van der Waals surface area contributed by atoms with Crippen LogP contribution in [-0.4, -0.2) is 11.9 Å². The Hall–Kier alpha value is -1.01. The molecule has 1 aliphatic rings. The van der Waals surface area contributed by atoms with E-state index in [-0.39, 0.29) is 11.9 Å². The summed E-state index contributed by atoms with van der Waals surface area (Å²) in [5.41, 5.74) is 3.11. The number of carbonyl (C=O) groups is 1. The Morgan fingerprint density at radius 2 is 2.54 bits per heavy atom. The molecule has 0 aromatic carbocycles. The van der Waals surface area contributed by atoms with E-state index < -0.39 is 0 Å². The molecule has 0 unspecified atom stereocenters. The van der Waals surface area contributed by atoms with Gasteiger partial charge in [-0.25, -0.2) is 0 Å². The maximum Gasteiger partial charge on any atom is 0.220 e. The first-order valence-corrected chi connectivity index (χ1v) is 5.03.